The summed E-state index contributed by atoms with van der Waals surface area (Å²) >= 11 is 0. The number of nitrogens with one attached hydrogen (secondary N) is 1. The van der Waals surface area contributed by atoms with Gasteiger partial charge in [0, 0.05) is 6.20 Å². The Morgan fingerprint density at radius 3 is 2.68 bits per heavy atom. The van der Waals surface area contributed by atoms with Crippen LogP contribution in [-0.2, 0) is 15.8 Å². The molecule has 1 heterocycles. The Hall–Kier alpha value is -2.39. The number of hydrogen-bond acceptors (Lipinski definition) is 4. The summed E-state index contributed by atoms with van der Waals surface area (Å²) in [6.07, 6.45) is 2.98. The summed E-state index contributed by atoms with van der Waals surface area (Å²) in [7, 11) is -3.56. The fraction of sp³-hybridized carbons (Fsp3) is 0.0769. The molecule has 0 radical (unpaired) electrons. The number of benzene rings is 1. The lowest BCUT2D eigenvalue weighted by Crippen LogP contribution is -2.15. The topological polar surface area (TPSA) is 82.8 Å². The summed E-state index contributed by atoms with van der Waals surface area (Å²) in [5.41, 5.74) is 1.23. The monoisotopic (exact) mass is 273 g/mol. The molecule has 1 N–H and O–H groups in total. The van der Waals surface area contributed by atoms with Crippen molar-refractivity contribution in [2.45, 2.75) is 5.75 Å². The second-order valence-electron chi connectivity index (χ2n) is 3.87. The molecule has 0 aliphatic carbocycles. The van der Waals surface area contributed by atoms with Crippen molar-refractivity contribution in [2.75, 3.05) is 4.72 Å². The van der Waals surface area contributed by atoms with Gasteiger partial charge in [0.25, 0.3) is 0 Å². The second kappa shape index (κ2) is 5.50. The minimum absolute atomic E-state index is 0.244. The molecule has 0 saturated heterocycles. The molecule has 2 rings (SSSR count). The van der Waals surface area contributed by atoms with E-state index in [0.29, 0.717) is 16.8 Å². The highest BCUT2D eigenvalue weighted by atomic mass is 32.2. The van der Waals surface area contributed by atoms with Crippen LogP contribution in [0.4, 0.5) is 5.69 Å². The Kier molecular flexibility index (Phi) is 3.78. The van der Waals surface area contributed by atoms with Crippen LogP contribution < -0.4 is 4.72 Å². The quantitative estimate of drug-likeness (QED) is 0.922. The van der Waals surface area contributed by atoms with Crippen LogP contribution in [0.5, 0.6) is 0 Å². The number of aromatic nitrogens is 1. The average Bonchev–Trinajstić information content (AvgIpc) is 2.39. The van der Waals surface area contributed by atoms with Gasteiger partial charge in [-0.2, -0.15) is 5.26 Å². The van der Waals surface area contributed by atoms with Gasteiger partial charge in [0.15, 0.2) is 0 Å². The molecule has 19 heavy (non-hydrogen) atoms. The van der Waals surface area contributed by atoms with Crippen LogP contribution in [0, 0.1) is 11.3 Å². The Bertz CT molecular complexity index is 706. The maximum atomic E-state index is 12.0. The summed E-state index contributed by atoms with van der Waals surface area (Å²) < 4.78 is 26.4. The molecule has 0 spiro atoms. The molecule has 96 valence electrons. The molecule has 0 fully saturated rings. The van der Waals surface area contributed by atoms with Gasteiger partial charge in [-0.05, 0) is 23.8 Å². The molecule has 0 bridgehead atoms. The van der Waals surface area contributed by atoms with Crippen molar-refractivity contribution >= 4 is 15.7 Å². The Labute approximate surface area is 111 Å². The zero-order chi connectivity index (χ0) is 13.7. The summed E-state index contributed by atoms with van der Waals surface area (Å²) in [4.78, 5) is 3.83. The van der Waals surface area contributed by atoms with E-state index < -0.39 is 10.0 Å². The molecule has 5 nitrogen and oxygen atoms in total. The lowest BCUT2D eigenvalue weighted by molar-refractivity contribution is 0.600. The smallest absolute Gasteiger partial charge is 0.237 e. The Morgan fingerprint density at radius 2 is 2.00 bits per heavy atom. The van der Waals surface area contributed by atoms with E-state index in [2.05, 4.69) is 9.71 Å². The van der Waals surface area contributed by atoms with E-state index in [1.165, 1.54) is 6.20 Å². The first-order chi connectivity index (χ1) is 9.11. The third-order valence-corrected chi connectivity index (χ3v) is 3.66. The molecule has 2 aromatic rings. The van der Waals surface area contributed by atoms with E-state index in [1.807, 2.05) is 6.07 Å². The number of anilines is 1. The van der Waals surface area contributed by atoms with Crippen LogP contribution in [0.1, 0.15) is 11.1 Å². The fourth-order valence-corrected chi connectivity index (χ4v) is 2.81. The standard InChI is InChI=1S/C13H11N3O2S/c14-8-11-4-1-2-5-12(11)10-19(17,18)16-13-6-3-7-15-9-13/h1-7,9,16H,10H2. The highest BCUT2D eigenvalue weighted by Gasteiger charge is 2.14. The summed E-state index contributed by atoms with van der Waals surface area (Å²) in [6.45, 7) is 0. The Balaban J connectivity index is 2.21. The van der Waals surface area contributed by atoms with E-state index in [9.17, 15) is 8.42 Å². The molecule has 1 aromatic carbocycles. The molecule has 1 aromatic heterocycles. The predicted octanol–water partition coefficient (Wildman–Crippen LogP) is 1.90. The van der Waals surface area contributed by atoms with Gasteiger partial charge in [-0.25, -0.2) is 8.42 Å². The van der Waals surface area contributed by atoms with Crippen molar-refractivity contribution in [2.24, 2.45) is 0 Å². The van der Waals surface area contributed by atoms with Gasteiger partial charge in [0.05, 0.1) is 29.3 Å². The summed E-state index contributed by atoms with van der Waals surface area (Å²) in [6, 6.07) is 11.8. The molecule has 0 saturated carbocycles. The first-order valence-corrected chi connectivity index (χ1v) is 7.14. The van der Waals surface area contributed by atoms with Gasteiger partial charge in [0.2, 0.25) is 10.0 Å². The maximum Gasteiger partial charge on any atom is 0.237 e. The minimum atomic E-state index is -3.56. The first-order valence-electron chi connectivity index (χ1n) is 5.49. The van der Waals surface area contributed by atoms with Gasteiger partial charge >= 0.3 is 0 Å². The van der Waals surface area contributed by atoms with Gasteiger partial charge in [-0.3, -0.25) is 9.71 Å². The molecular weight excluding hydrogens is 262 g/mol. The zero-order valence-electron chi connectivity index (χ0n) is 9.95. The summed E-state index contributed by atoms with van der Waals surface area (Å²) in [5.74, 6) is -0.244. The van der Waals surface area contributed by atoms with Crippen LogP contribution in [0.2, 0.25) is 0 Å². The second-order valence-corrected chi connectivity index (χ2v) is 5.59. The number of hydrogen-bond donors (Lipinski definition) is 1. The van der Waals surface area contributed by atoms with Gasteiger partial charge in [-0.15, -0.1) is 0 Å². The van der Waals surface area contributed by atoms with Crippen molar-refractivity contribution in [1.82, 2.24) is 4.98 Å². The Morgan fingerprint density at radius 1 is 1.21 bits per heavy atom. The van der Waals surface area contributed by atoms with Crippen molar-refractivity contribution in [3.63, 3.8) is 0 Å². The third-order valence-electron chi connectivity index (χ3n) is 2.42. The molecular formula is C13H11N3O2S. The molecule has 0 aliphatic rings. The van der Waals surface area contributed by atoms with Crippen LogP contribution >= 0.6 is 0 Å². The number of sulfonamides is 1. The lowest BCUT2D eigenvalue weighted by Gasteiger charge is -2.08. The number of nitriles is 1. The number of rotatable bonds is 4. The molecule has 6 heteroatoms. The molecule has 0 unspecified atom stereocenters. The SMILES string of the molecule is N#Cc1ccccc1CS(=O)(=O)Nc1cccnc1. The van der Waals surface area contributed by atoms with Crippen molar-refractivity contribution in [3.05, 3.63) is 59.9 Å². The van der Waals surface area contributed by atoms with E-state index >= 15 is 0 Å². The van der Waals surface area contributed by atoms with Crippen LogP contribution in [-0.4, -0.2) is 13.4 Å². The van der Waals surface area contributed by atoms with E-state index in [4.69, 9.17) is 5.26 Å². The van der Waals surface area contributed by atoms with Crippen molar-refractivity contribution < 1.29 is 8.42 Å². The van der Waals surface area contributed by atoms with Crippen molar-refractivity contribution in [3.8, 4) is 6.07 Å². The average molecular weight is 273 g/mol. The summed E-state index contributed by atoms with van der Waals surface area (Å²) in [5, 5.41) is 8.93. The normalized spacial score (nSPS) is 10.7. The van der Waals surface area contributed by atoms with Crippen LogP contribution in [0.3, 0.4) is 0 Å². The molecule has 0 atom stereocenters. The van der Waals surface area contributed by atoms with Crippen LogP contribution in [0.15, 0.2) is 48.8 Å². The largest absolute Gasteiger partial charge is 0.282 e. The van der Waals surface area contributed by atoms with Gasteiger partial charge < -0.3 is 0 Å². The highest BCUT2D eigenvalue weighted by molar-refractivity contribution is 7.91. The van der Waals surface area contributed by atoms with Crippen LogP contribution in [0.25, 0.3) is 0 Å². The zero-order valence-corrected chi connectivity index (χ0v) is 10.8. The lowest BCUT2D eigenvalue weighted by atomic mass is 10.1. The van der Waals surface area contributed by atoms with Crippen molar-refractivity contribution in [1.29, 1.82) is 5.26 Å². The van der Waals surface area contributed by atoms with E-state index in [1.54, 1.807) is 42.6 Å². The van der Waals surface area contributed by atoms with E-state index in [0.717, 1.165) is 0 Å². The predicted molar refractivity (Wildman–Crippen MR) is 71.6 cm³/mol. The first kappa shape index (κ1) is 13.1. The third kappa shape index (κ3) is 3.53. The van der Waals surface area contributed by atoms with Gasteiger partial charge in [0.1, 0.15) is 0 Å². The minimum Gasteiger partial charge on any atom is -0.282 e. The highest BCUT2D eigenvalue weighted by Crippen LogP contribution is 2.14. The fourth-order valence-electron chi connectivity index (χ4n) is 1.60. The number of pyridine rings is 1. The number of nitrogens with zero attached hydrogens (tertiary/aromatic N) is 2. The molecule has 0 aliphatic heterocycles. The van der Waals surface area contributed by atoms with E-state index in [-0.39, 0.29) is 5.75 Å². The van der Waals surface area contributed by atoms with Gasteiger partial charge in [-0.1, -0.05) is 18.2 Å². The maximum absolute atomic E-state index is 12.0. The molecule has 0 amide bonds.